The number of carbonyl (C=O) groups is 2. The van der Waals surface area contributed by atoms with Crippen LogP contribution in [0.3, 0.4) is 0 Å². The van der Waals surface area contributed by atoms with E-state index in [9.17, 15) is 9.59 Å². The molecule has 2 heterocycles. The van der Waals surface area contributed by atoms with Crippen LogP contribution in [0.1, 0.15) is 21.0 Å². The summed E-state index contributed by atoms with van der Waals surface area (Å²) in [5.74, 6) is -1.40. The van der Waals surface area contributed by atoms with Gasteiger partial charge in [-0.1, -0.05) is 17.7 Å². The van der Waals surface area contributed by atoms with Gasteiger partial charge >= 0.3 is 5.97 Å². The second-order valence-corrected chi connectivity index (χ2v) is 4.26. The molecule has 98 valence electrons. The van der Waals surface area contributed by atoms with Crippen molar-refractivity contribution in [3.8, 4) is 0 Å². The highest BCUT2D eigenvalue weighted by Crippen LogP contribution is 2.14. The molecule has 2 aromatic heterocycles. The molecule has 0 aliphatic carbocycles. The zero-order valence-corrected chi connectivity index (χ0v) is 10.7. The molecule has 0 aliphatic rings. The molecule has 2 rings (SSSR count). The Morgan fingerprint density at radius 3 is 2.74 bits per heavy atom. The van der Waals surface area contributed by atoms with Crippen molar-refractivity contribution in [3.63, 3.8) is 0 Å². The van der Waals surface area contributed by atoms with E-state index in [4.69, 9.17) is 16.7 Å². The Kier molecular flexibility index (Phi) is 3.52. The minimum Gasteiger partial charge on any atom is -0.477 e. The third-order valence-corrected chi connectivity index (χ3v) is 2.62. The fraction of sp³-hybridized carbons (Fsp3) is 0.0833. The first-order valence-corrected chi connectivity index (χ1v) is 5.69. The number of nitrogens with one attached hydrogen (secondary N) is 1. The van der Waals surface area contributed by atoms with Crippen LogP contribution in [0.4, 0.5) is 5.82 Å². The van der Waals surface area contributed by atoms with E-state index in [-0.39, 0.29) is 11.5 Å². The van der Waals surface area contributed by atoms with E-state index in [0.29, 0.717) is 10.7 Å². The first-order chi connectivity index (χ1) is 8.97. The van der Waals surface area contributed by atoms with Crippen molar-refractivity contribution < 1.29 is 14.7 Å². The van der Waals surface area contributed by atoms with E-state index in [2.05, 4.69) is 10.3 Å². The quantitative estimate of drug-likeness (QED) is 0.900. The summed E-state index contributed by atoms with van der Waals surface area (Å²) in [7, 11) is 1.68. The van der Waals surface area contributed by atoms with Crippen molar-refractivity contribution in [2.75, 3.05) is 5.32 Å². The van der Waals surface area contributed by atoms with Crippen LogP contribution >= 0.6 is 11.6 Å². The van der Waals surface area contributed by atoms with Crippen LogP contribution in [0, 0.1) is 0 Å². The lowest BCUT2D eigenvalue weighted by Gasteiger charge is -2.05. The number of anilines is 1. The lowest BCUT2D eigenvalue weighted by Crippen LogP contribution is -2.16. The number of carboxylic acids is 1. The van der Waals surface area contributed by atoms with Crippen LogP contribution < -0.4 is 5.32 Å². The highest BCUT2D eigenvalue weighted by atomic mass is 35.5. The Morgan fingerprint density at radius 2 is 2.16 bits per heavy atom. The number of carboxylic acid groups (broad SMARTS) is 1. The smallest absolute Gasteiger partial charge is 0.354 e. The lowest BCUT2D eigenvalue weighted by atomic mass is 10.3. The molecule has 2 aromatic rings. The van der Waals surface area contributed by atoms with Gasteiger partial charge < -0.3 is 15.0 Å². The van der Waals surface area contributed by atoms with Crippen LogP contribution in [0.5, 0.6) is 0 Å². The zero-order chi connectivity index (χ0) is 14.0. The van der Waals surface area contributed by atoms with Gasteiger partial charge in [0.15, 0.2) is 5.69 Å². The van der Waals surface area contributed by atoms with Crippen LogP contribution in [0.25, 0.3) is 0 Å². The van der Waals surface area contributed by atoms with E-state index in [0.717, 1.165) is 0 Å². The van der Waals surface area contributed by atoms with Gasteiger partial charge in [0.05, 0.1) is 5.02 Å². The molecule has 19 heavy (non-hydrogen) atoms. The molecule has 0 aliphatic heterocycles. The maximum absolute atomic E-state index is 12.0. The van der Waals surface area contributed by atoms with Crippen molar-refractivity contribution in [2.24, 2.45) is 7.05 Å². The van der Waals surface area contributed by atoms with Gasteiger partial charge in [0.1, 0.15) is 11.5 Å². The van der Waals surface area contributed by atoms with Crippen molar-refractivity contribution in [2.45, 2.75) is 0 Å². The minimum atomic E-state index is -1.15. The predicted octanol–water partition coefficient (Wildman–Crippen LogP) is 2.02. The summed E-state index contributed by atoms with van der Waals surface area (Å²) in [6.45, 7) is 0. The van der Waals surface area contributed by atoms with Crippen LogP contribution in [-0.4, -0.2) is 26.5 Å². The first-order valence-electron chi connectivity index (χ1n) is 5.31. The zero-order valence-electron chi connectivity index (χ0n) is 9.92. The maximum Gasteiger partial charge on any atom is 0.354 e. The van der Waals surface area contributed by atoms with Gasteiger partial charge in [-0.15, -0.1) is 0 Å². The lowest BCUT2D eigenvalue weighted by molar-refractivity contribution is 0.0690. The summed E-state index contributed by atoms with van der Waals surface area (Å²) in [5.41, 5.74) is 0.218. The van der Waals surface area contributed by atoms with E-state index >= 15 is 0 Å². The fourth-order valence-electron chi connectivity index (χ4n) is 1.55. The Morgan fingerprint density at radius 1 is 1.42 bits per heavy atom. The standard InChI is InChI=1S/C12H10ClN3O3/c1-16-6-7(13)5-9(16)11(17)15-10-4-2-3-8(14-10)12(18)19/h2-6H,1H3,(H,18,19)(H,14,15,17). The summed E-state index contributed by atoms with van der Waals surface area (Å²) < 4.78 is 1.57. The monoisotopic (exact) mass is 279 g/mol. The predicted molar refractivity (Wildman–Crippen MR) is 69.6 cm³/mol. The molecule has 0 saturated carbocycles. The number of aromatic nitrogens is 2. The van der Waals surface area contributed by atoms with E-state index in [1.54, 1.807) is 17.8 Å². The van der Waals surface area contributed by atoms with Crippen molar-refractivity contribution in [3.05, 3.63) is 46.9 Å². The number of hydrogen-bond acceptors (Lipinski definition) is 3. The van der Waals surface area contributed by atoms with Gasteiger partial charge in [-0.3, -0.25) is 4.79 Å². The SMILES string of the molecule is Cn1cc(Cl)cc1C(=O)Nc1cccc(C(=O)O)n1. The van der Waals surface area contributed by atoms with Crippen LogP contribution in [0.15, 0.2) is 30.5 Å². The van der Waals surface area contributed by atoms with Crippen LogP contribution in [-0.2, 0) is 7.05 Å². The summed E-state index contributed by atoms with van der Waals surface area (Å²) in [4.78, 5) is 26.5. The van der Waals surface area contributed by atoms with Gasteiger partial charge in [-0.25, -0.2) is 9.78 Å². The number of rotatable bonds is 3. The topological polar surface area (TPSA) is 84.2 Å². The highest BCUT2D eigenvalue weighted by molar-refractivity contribution is 6.31. The highest BCUT2D eigenvalue weighted by Gasteiger charge is 2.13. The summed E-state index contributed by atoms with van der Waals surface area (Å²) >= 11 is 5.79. The van der Waals surface area contributed by atoms with Gasteiger partial charge in [-0.05, 0) is 18.2 Å². The molecule has 0 radical (unpaired) electrons. The van der Waals surface area contributed by atoms with Crippen molar-refractivity contribution >= 4 is 29.3 Å². The Hall–Kier alpha value is -2.34. The van der Waals surface area contributed by atoms with Gasteiger partial charge in [0, 0.05) is 13.2 Å². The van der Waals surface area contributed by atoms with E-state index < -0.39 is 11.9 Å². The fourth-order valence-corrected chi connectivity index (χ4v) is 1.80. The molecule has 6 nitrogen and oxygen atoms in total. The molecule has 0 spiro atoms. The average Bonchev–Trinajstić information content (AvgIpc) is 2.69. The van der Waals surface area contributed by atoms with Crippen LogP contribution in [0.2, 0.25) is 5.02 Å². The van der Waals surface area contributed by atoms with Gasteiger partial charge in [-0.2, -0.15) is 0 Å². The molecule has 0 fully saturated rings. The number of halogens is 1. The second kappa shape index (κ2) is 5.11. The van der Waals surface area contributed by atoms with Gasteiger partial charge in [0.2, 0.25) is 0 Å². The Balaban J connectivity index is 2.21. The van der Waals surface area contributed by atoms with E-state index in [1.807, 2.05) is 0 Å². The normalized spacial score (nSPS) is 10.2. The molecular weight excluding hydrogens is 270 g/mol. The third kappa shape index (κ3) is 2.92. The Labute approximate surface area is 113 Å². The Bertz CT molecular complexity index is 651. The molecule has 0 aromatic carbocycles. The molecule has 1 amide bonds. The van der Waals surface area contributed by atoms with Crippen molar-refractivity contribution in [1.82, 2.24) is 9.55 Å². The molecule has 2 N–H and O–H groups in total. The molecular formula is C12H10ClN3O3. The second-order valence-electron chi connectivity index (χ2n) is 3.82. The number of pyridine rings is 1. The largest absolute Gasteiger partial charge is 0.477 e. The summed E-state index contributed by atoms with van der Waals surface area (Å²) in [6, 6.07) is 5.87. The first kappa shape index (κ1) is 13.1. The molecule has 0 unspecified atom stereocenters. The maximum atomic E-state index is 12.0. The molecule has 0 saturated heterocycles. The van der Waals surface area contributed by atoms with E-state index in [1.165, 1.54) is 24.3 Å². The summed E-state index contributed by atoms with van der Waals surface area (Å²) in [5, 5.41) is 11.8. The minimum absolute atomic E-state index is 0.136. The molecule has 0 bridgehead atoms. The van der Waals surface area contributed by atoms with Gasteiger partial charge in [0.25, 0.3) is 5.91 Å². The molecule has 0 atom stereocenters. The van der Waals surface area contributed by atoms with Crippen molar-refractivity contribution in [1.29, 1.82) is 0 Å². The number of aryl methyl sites for hydroxylation is 1. The third-order valence-electron chi connectivity index (χ3n) is 2.41. The number of amides is 1. The number of nitrogens with zero attached hydrogens (tertiary/aromatic N) is 2. The number of carbonyl (C=O) groups excluding carboxylic acids is 1. The number of hydrogen-bond donors (Lipinski definition) is 2. The average molecular weight is 280 g/mol. The summed E-state index contributed by atoms with van der Waals surface area (Å²) in [6.07, 6.45) is 1.59. The molecule has 7 heteroatoms. The number of aromatic carboxylic acids is 1.